The molecule has 1 aromatic carbocycles. The van der Waals surface area contributed by atoms with E-state index >= 15 is 0 Å². The Morgan fingerprint density at radius 1 is 1.19 bits per heavy atom. The van der Waals surface area contributed by atoms with E-state index in [4.69, 9.17) is 23.2 Å². The van der Waals surface area contributed by atoms with E-state index in [1.807, 2.05) is 41.4 Å². The van der Waals surface area contributed by atoms with Gasteiger partial charge in [0.05, 0.1) is 23.5 Å². The summed E-state index contributed by atoms with van der Waals surface area (Å²) in [6, 6.07) is 7.57. The lowest BCUT2D eigenvalue weighted by Gasteiger charge is -2.12. The van der Waals surface area contributed by atoms with E-state index in [1.165, 1.54) is 24.6 Å². The summed E-state index contributed by atoms with van der Waals surface area (Å²) in [5, 5.41) is 10.1. The second kappa shape index (κ2) is 9.62. The number of hydrogen-bond donors (Lipinski definition) is 1. The van der Waals surface area contributed by atoms with Crippen molar-refractivity contribution in [3.05, 3.63) is 41.0 Å². The van der Waals surface area contributed by atoms with Crippen molar-refractivity contribution in [1.29, 1.82) is 0 Å². The van der Waals surface area contributed by atoms with Crippen LogP contribution >= 0.6 is 35.0 Å². The van der Waals surface area contributed by atoms with Crippen LogP contribution in [-0.4, -0.2) is 32.5 Å². The molecule has 1 unspecified atom stereocenters. The topological polar surface area (TPSA) is 55.6 Å². The van der Waals surface area contributed by atoms with Gasteiger partial charge in [-0.1, -0.05) is 55.3 Å². The molecule has 144 valence electrons. The Balaban J connectivity index is 1.84. The molecule has 1 N–H and O–H groups in total. The van der Waals surface area contributed by atoms with Crippen molar-refractivity contribution in [3.8, 4) is 0 Å². The Bertz CT molecular complexity index is 882. The molecule has 0 bridgehead atoms. The molecular weight excluding hydrogens is 401 g/mol. The number of alkyl halides is 1. The minimum atomic E-state index is -0.223. The van der Waals surface area contributed by atoms with E-state index in [9.17, 15) is 0 Å². The van der Waals surface area contributed by atoms with Gasteiger partial charge in [0.25, 0.3) is 0 Å². The third-order valence-electron chi connectivity index (χ3n) is 4.30. The third kappa shape index (κ3) is 5.06. The molecule has 0 amide bonds. The fourth-order valence-electron chi connectivity index (χ4n) is 2.81. The highest BCUT2D eigenvalue weighted by atomic mass is 35.5. The third-order valence-corrected chi connectivity index (χ3v) is 5.49. The molecule has 0 radical (unpaired) electrons. The summed E-state index contributed by atoms with van der Waals surface area (Å²) in [7, 11) is 0. The number of rotatable bonds is 9. The average Bonchev–Trinajstić information content (AvgIpc) is 3.08. The van der Waals surface area contributed by atoms with E-state index < -0.39 is 0 Å². The van der Waals surface area contributed by atoms with Gasteiger partial charge in [0.15, 0.2) is 10.8 Å². The number of nitrogens with one attached hydrogen (secondary N) is 1. The summed E-state index contributed by atoms with van der Waals surface area (Å²) in [5.74, 6) is 0.837. The molecule has 5 nitrogen and oxygen atoms in total. The molecule has 0 saturated heterocycles. The molecule has 0 aliphatic rings. The zero-order valence-corrected chi connectivity index (χ0v) is 17.8. The number of halogens is 2. The Labute approximate surface area is 173 Å². The van der Waals surface area contributed by atoms with Crippen LogP contribution in [0.1, 0.15) is 37.1 Å². The van der Waals surface area contributed by atoms with E-state index in [0.29, 0.717) is 11.6 Å². The van der Waals surface area contributed by atoms with Gasteiger partial charge in [-0.25, -0.2) is 14.6 Å². The van der Waals surface area contributed by atoms with Gasteiger partial charge in [-0.2, -0.15) is 5.10 Å². The van der Waals surface area contributed by atoms with E-state index in [0.717, 1.165) is 40.5 Å². The largest absolute Gasteiger partial charge is 0.369 e. The predicted octanol–water partition coefficient (Wildman–Crippen LogP) is 5.78. The van der Waals surface area contributed by atoms with Gasteiger partial charge in [0.1, 0.15) is 5.82 Å². The zero-order chi connectivity index (χ0) is 19.2. The number of aromatic nitrogens is 4. The lowest BCUT2D eigenvalue weighted by molar-refractivity contribution is 0.613. The summed E-state index contributed by atoms with van der Waals surface area (Å²) in [6.45, 7) is 3.61. The molecule has 0 spiro atoms. The minimum absolute atomic E-state index is 0.223. The SMILES string of the molecule is CCCCCNc1nc(SC)nc2c1cnn2CC(Cl)c1ccc(Cl)cc1. The lowest BCUT2D eigenvalue weighted by Crippen LogP contribution is -2.09. The summed E-state index contributed by atoms with van der Waals surface area (Å²) >= 11 is 14.1. The van der Waals surface area contributed by atoms with Crippen molar-refractivity contribution in [3.63, 3.8) is 0 Å². The number of hydrogen-bond acceptors (Lipinski definition) is 5. The van der Waals surface area contributed by atoms with Crippen LogP contribution in [0.5, 0.6) is 0 Å². The first kappa shape index (κ1) is 20.2. The standard InChI is InChI=1S/C19H23Cl2N5S/c1-3-4-5-10-22-17-15-11-23-26(18(15)25-19(24-17)27-2)12-16(21)13-6-8-14(20)9-7-13/h6-9,11,16H,3-5,10,12H2,1-2H3,(H,22,24,25). The van der Waals surface area contributed by atoms with Crippen LogP contribution in [0.4, 0.5) is 5.82 Å². The maximum Gasteiger partial charge on any atom is 0.191 e. The summed E-state index contributed by atoms with van der Waals surface area (Å²) in [6.07, 6.45) is 7.29. The molecule has 1 atom stereocenters. The van der Waals surface area contributed by atoms with Gasteiger partial charge < -0.3 is 5.32 Å². The zero-order valence-electron chi connectivity index (χ0n) is 15.5. The van der Waals surface area contributed by atoms with Crippen LogP contribution in [0.2, 0.25) is 5.02 Å². The van der Waals surface area contributed by atoms with Crippen molar-refractivity contribution in [2.45, 2.75) is 43.3 Å². The smallest absolute Gasteiger partial charge is 0.191 e. The molecule has 3 rings (SSSR count). The highest BCUT2D eigenvalue weighted by Gasteiger charge is 2.16. The van der Waals surface area contributed by atoms with Gasteiger partial charge in [-0.3, -0.25) is 0 Å². The van der Waals surface area contributed by atoms with Crippen LogP contribution in [0.15, 0.2) is 35.6 Å². The summed E-state index contributed by atoms with van der Waals surface area (Å²) in [4.78, 5) is 9.27. The minimum Gasteiger partial charge on any atom is -0.369 e. The highest BCUT2D eigenvalue weighted by Crippen LogP contribution is 2.28. The second-order valence-electron chi connectivity index (χ2n) is 6.28. The lowest BCUT2D eigenvalue weighted by atomic mass is 10.1. The first-order chi connectivity index (χ1) is 13.1. The number of thioether (sulfide) groups is 1. The number of anilines is 1. The van der Waals surface area contributed by atoms with Crippen molar-refractivity contribution < 1.29 is 0 Å². The molecule has 0 aliphatic carbocycles. The predicted molar refractivity (Wildman–Crippen MR) is 115 cm³/mol. The number of nitrogens with zero attached hydrogens (tertiary/aromatic N) is 4. The molecule has 2 heterocycles. The maximum atomic E-state index is 6.61. The van der Waals surface area contributed by atoms with Gasteiger partial charge in [0, 0.05) is 11.6 Å². The number of fused-ring (bicyclic) bond motifs is 1. The molecule has 8 heteroatoms. The van der Waals surface area contributed by atoms with Crippen molar-refractivity contribution in [2.24, 2.45) is 0 Å². The Kier molecular flexibility index (Phi) is 7.21. The average molecular weight is 424 g/mol. The molecule has 0 aliphatic heterocycles. The normalized spacial score (nSPS) is 12.4. The van der Waals surface area contributed by atoms with Gasteiger partial charge in [0.2, 0.25) is 0 Å². The van der Waals surface area contributed by atoms with Crippen LogP contribution in [-0.2, 0) is 6.54 Å². The number of benzene rings is 1. The van der Waals surface area contributed by atoms with Crippen LogP contribution in [0.25, 0.3) is 11.0 Å². The van der Waals surface area contributed by atoms with Gasteiger partial charge in [-0.05, 0) is 30.4 Å². The summed E-state index contributed by atoms with van der Waals surface area (Å²) in [5.41, 5.74) is 1.80. The molecule has 0 saturated carbocycles. The van der Waals surface area contributed by atoms with E-state index in [-0.39, 0.29) is 5.38 Å². The van der Waals surface area contributed by atoms with Crippen LogP contribution < -0.4 is 5.32 Å². The van der Waals surface area contributed by atoms with Crippen molar-refractivity contribution in [1.82, 2.24) is 19.7 Å². The Morgan fingerprint density at radius 3 is 2.67 bits per heavy atom. The monoisotopic (exact) mass is 423 g/mol. The fourth-order valence-corrected chi connectivity index (χ4v) is 3.57. The Hall–Kier alpha value is -1.50. The Morgan fingerprint density at radius 2 is 1.96 bits per heavy atom. The van der Waals surface area contributed by atoms with Gasteiger partial charge >= 0.3 is 0 Å². The van der Waals surface area contributed by atoms with E-state index in [2.05, 4.69) is 27.3 Å². The maximum absolute atomic E-state index is 6.61. The number of unbranched alkanes of at least 4 members (excludes halogenated alkanes) is 2. The van der Waals surface area contributed by atoms with E-state index in [1.54, 1.807) is 0 Å². The first-order valence-corrected chi connectivity index (χ1v) is 11.1. The quantitative estimate of drug-likeness (QED) is 0.204. The fraction of sp³-hybridized carbons (Fsp3) is 0.421. The van der Waals surface area contributed by atoms with Crippen molar-refractivity contribution >= 4 is 51.8 Å². The summed E-state index contributed by atoms with van der Waals surface area (Å²) < 4.78 is 1.85. The first-order valence-electron chi connectivity index (χ1n) is 9.03. The van der Waals surface area contributed by atoms with Crippen LogP contribution in [0, 0.1) is 0 Å². The second-order valence-corrected chi connectivity index (χ2v) is 8.01. The molecule has 3 aromatic rings. The van der Waals surface area contributed by atoms with Gasteiger partial charge in [-0.15, -0.1) is 11.6 Å². The molecule has 2 aromatic heterocycles. The highest BCUT2D eigenvalue weighted by molar-refractivity contribution is 7.98. The molecule has 27 heavy (non-hydrogen) atoms. The van der Waals surface area contributed by atoms with Crippen LogP contribution in [0.3, 0.4) is 0 Å². The van der Waals surface area contributed by atoms with Crippen molar-refractivity contribution in [2.75, 3.05) is 18.1 Å². The molecule has 0 fully saturated rings. The molecular formula is C19H23Cl2N5S.